The molecule has 0 aromatic heterocycles. The van der Waals surface area contributed by atoms with E-state index in [1.807, 2.05) is 14.1 Å². The second-order valence-corrected chi connectivity index (χ2v) is 6.88. The standard InChI is InChI=1S/C14H30N2O3.2ClH/c1-12(2)14(18)19-9-8-16(6,7)11-13(17)10-15(3,4)5;;/h13,17H,1,8-11H2,2-7H3;2*1H/q+2;;/p-2. The Balaban J connectivity index is -0.00000162. The van der Waals surface area contributed by atoms with Crippen LogP contribution in [0.25, 0.3) is 0 Å². The lowest BCUT2D eigenvalue weighted by Gasteiger charge is -2.34. The van der Waals surface area contributed by atoms with Crippen LogP contribution in [0.2, 0.25) is 0 Å². The van der Waals surface area contributed by atoms with Crippen LogP contribution < -0.4 is 24.8 Å². The largest absolute Gasteiger partial charge is 1.00 e. The van der Waals surface area contributed by atoms with E-state index in [1.54, 1.807) is 6.92 Å². The van der Waals surface area contributed by atoms with E-state index in [4.69, 9.17) is 4.74 Å². The summed E-state index contributed by atoms with van der Waals surface area (Å²) in [6, 6.07) is 0. The first kappa shape index (κ1) is 25.6. The molecule has 0 radical (unpaired) electrons. The average Bonchev–Trinajstić information content (AvgIpc) is 2.12. The van der Waals surface area contributed by atoms with E-state index in [9.17, 15) is 9.90 Å². The minimum atomic E-state index is -0.369. The smallest absolute Gasteiger partial charge is 0.333 e. The molecule has 5 nitrogen and oxygen atoms in total. The Hall–Kier alpha value is -0.330. The molecule has 0 aromatic carbocycles. The van der Waals surface area contributed by atoms with E-state index in [0.29, 0.717) is 36.3 Å². The number of rotatable bonds is 8. The maximum atomic E-state index is 11.3. The van der Waals surface area contributed by atoms with Crippen molar-refractivity contribution < 1.29 is 48.4 Å². The van der Waals surface area contributed by atoms with Gasteiger partial charge in [0.25, 0.3) is 0 Å². The van der Waals surface area contributed by atoms with Gasteiger partial charge in [-0.25, -0.2) is 4.79 Å². The van der Waals surface area contributed by atoms with Gasteiger partial charge in [0.15, 0.2) is 6.10 Å². The first-order valence-electron chi connectivity index (χ1n) is 6.56. The van der Waals surface area contributed by atoms with Gasteiger partial charge in [-0.15, -0.1) is 0 Å². The van der Waals surface area contributed by atoms with Crippen LogP contribution in [0.4, 0.5) is 0 Å². The highest BCUT2D eigenvalue weighted by molar-refractivity contribution is 5.86. The number of aliphatic hydroxyl groups excluding tert-OH is 1. The van der Waals surface area contributed by atoms with E-state index in [1.165, 1.54) is 0 Å². The van der Waals surface area contributed by atoms with Crippen LogP contribution in [0.1, 0.15) is 6.92 Å². The van der Waals surface area contributed by atoms with Crippen molar-refractivity contribution in [1.82, 2.24) is 0 Å². The van der Waals surface area contributed by atoms with Crippen molar-refractivity contribution in [3.05, 3.63) is 12.2 Å². The summed E-state index contributed by atoms with van der Waals surface area (Å²) >= 11 is 0. The lowest BCUT2D eigenvalue weighted by atomic mass is 10.2. The molecule has 0 aliphatic heterocycles. The van der Waals surface area contributed by atoms with Gasteiger partial charge >= 0.3 is 5.97 Å². The van der Waals surface area contributed by atoms with Gasteiger partial charge in [0.2, 0.25) is 0 Å². The van der Waals surface area contributed by atoms with Gasteiger partial charge in [0, 0.05) is 5.57 Å². The van der Waals surface area contributed by atoms with Crippen molar-refractivity contribution >= 4 is 5.97 Å². The first-order chi connectivity index (χ1) is 8.43. The SMILES string of the molecule is C=C(C)C(=O)OCC[N+](C)(C)CC(O)C[N+](C)(C)C.[Cl-].[Cl-]. The Morgan fingerprint density at radius 2 is 1.62 bits per heavy atom. The molecule has 0 spiro atoms. The highest BCUT2D eigenvalue weighted by Gasteiger charge is 2.25. The van der Waals surface area contributed by atoms with Crippen LogP contribution in [0.15, 0.2) is 12.2 Å². The molecule has 0 bridgehead atoms. The zero-order chi connectivity index (χ0) is 15.3. The van der Waals surface area contributed by atoms with Gasteiger partial charge in [-0.1, -0.05) is 6.58 Å². The Morgan fingerprint density at radius 1 is 1.14 bits per heavy atom. The molecule has 7 heteroatoms. The lowest BCUT2D eigenvalue weighted by molar-refractivity contribution is -0.907. The molecule has 21 heavy (non-hydrogen) atoms. The van der Waals surface area contributed by atoms with Crippen LogP contribution in [0.5, 0.6) is 0 Å². The Morgan fingerprint density at radius 3 is 2.00 bits per heavy atom. The Kier molecular flexibility index (Phi) is 12.7. The molecule has 0 saturated carbocycles. The number of aliphatic hydroxyl groups is 1. The second kappa shape index (κ2) is 10.4. The highest BCUT2D eigenvalue weighted by Crippen LogP contribution is 2.04. The van der Waals surface area contributed by atoms with Crippen LogP contribution in [-0.2, 0) is 9.53 Å². The number of esters is 1. The molecule has 0 amide bonds. The Bertz CT molecular complexity index is 329. The molecule has 0 fully saturated rings. The summed E-state index contributed by atoms with van der Waals surface area (Å²) in [7, 11) is 10.2. The van der Waals surface area contributed by atoms with Crippen LogP contribution in [0, 0.1) is 0 Å². The van der Waals surface area contributed by atoms with Crippen LogP contribution in [-0.4, -0.2) is 87.6 Å². The zero-order valence-corrected chi connectivity index (χ0v) is 15.5. The molecule has 0 aliphatic carbocycles. The highest BCUT2D eigenvalue weighted by atomic mass is 35.5. The molecule has 1 N–H and O–H groups in total. The maximum Gasteiger partial charge on any atom is 0.333 e. The quantitative estimate of drug-likeness (QED) is 0.271. The number of hydrogen-bond donors (Lipinski definition) is 1. The monoisotopic (exact) mass is 344 g/mol. The summed E-state index contributed by atoms with van der Waals surface area (Å²) in [4.78, 5) is 11.3. The van der Waals surface area contributed by atoms with Crippen molar-refractivity contribution in [1.29, 1.82) is 0 Å². The fourth-order valence-corrected chi connectivity index (χ4v) is 1.86. The summed E-state index contributed by atoms with van der Waals surface area (Å²) in [5.74, 6) is -0.355. The minimum absolute atomic E-state index is 0. The molecule has 0 aliphatic rings. The van der Waals surface area contributed by atoms with Crippen molar-refractivity contribution in [3.63, 3.8) is 0 Å². The van der Waals surface area contributed by atoms with Crippen molar-refractivity contribution in [3.8, 4) is 0 Å². The first-order valence-corrected chi connectivity index (χ1v) is 6.56. The van der Waals surface area contributed by atoms with Gasteiger partial charge in [-0.3, -0.25) is 0 Å². The molecule has 0 rings (SSSR count). The lowest BCUT2D eigenvalue weighted by Crippen LogP contribution is -3.00. The van der Waals surface area contributed by atoms with E-state index in [-0.39, 0.29) is 36.9 Å². The van der Waals surface area contributed by atoms with Crippen molar-refractivity contribution in [2.24, 2.45) is 0 Å². The number of carbonyl (C=O) groups excluding carboxylic acids is 1. The molecular weight excluding hydrogens is 315 g/mol. The molecular formula is C14H30Cl2N2O3. The second-order valence-electron chi connectivity index (χ2n) is 6.88. The number of carbonyl (C=O) groups is 1. The van der Waals surface area contributed by atoms with Gasteiger partial charge < -0.3 is 43.6 Å². The number of ether oxygens (including phenoxy) is 1. The third-order valence-corrected chi connectivity index (χ3v) is 2.74. The summed E-state index contributed by atoms with van der Waals surface area (Å²) in [6.45, 7) is 7.53. The summed E-state index contributed by atoms with van der Waals surface area (Å²) in [5, 5.41) is 10.1. The van der Waals surface area contributed by atoms with E-state index >= 15 is 0 Å². The average molecular weight is 345 g/mol. The molecule has 1 atom stereocenters. The fraction of sp³-hybridized carbons (Fsp3) is 0.786. The molecule has 128 valence electrons. The molecule has 1 unspecified atom stereocenters. The van der Waals surface area contributed by atoms with E-state index in [2.05, 4.69) is 27.7 Å². The zero-order valence-electron chi connectivity index (χ0n) is 14.0. The van der Waals surface area contributed by atoms with Gasteiger partial charge in [-0.2, -0.15) is 0 Å². The van der Waals surface area contributed by atoms with Crippen molar-refractivity contribution in [2.75, 3.05) is 61.5 Å². The van der Waals surface area contributed by atoms with E-state index in [0.717, 1.165) is 4.48 Å². The number of nitrogens with zero attached hydrogens (tertiary/aromatic N) is 2. The van der Waals surface area contributed by atoms with Crippen LogP contribution >= 0.6 is 0 Å². The third kappa shape index (κ3) is 14.4. The normalized spacial score (nSPS) is 12.7. The predicted molar refractivity (Wildman–Crippen MR) is 76.5 cm³/mol. The molecule has 0 saturated heterocycles. The van der Waals surface area contributed by atoms with Gasteiger partial charge in [-0.05, 0) is 6.92 Å². The number of halogens is 2. The topological polar surface area (TPSA) is 46.5 Å². The number of quaternary nitrogens is 2. The Labute approximate surface area is 141 Å². The summed E-state index contributed by atoms with van der Waals surface area (Å²) in [6.07, 6.45) is -0.369. The van der Waals surface area contributed by atoms with Gasteiger partial charge in [0.05, 0.1) is 35.2 Å². The summed E-state index contributed by atoms with van der Waals surface area (Å²) in [5.41, 5.74) is 0.412. The maximum absolute atomic E-state index is 11.3. The summed E-state index contributed by atoms with van der Waals surface area (Å²) < 4.78 is 6.43. The van der Waals surface area contributed by atoms with Crippen LogP contribution in [0.3, 0.4) is 0 Å². The number of likely N-dealkylation sites (N-methyl/N-ethyl adjacent to an activating group) is 2. The number of hydrogen-bond acceptors (Lipinski definition) is 3. The van der Waals surface area contributed by atoms with Gasteiger partial charge in [0.1, 0.15) is 26.2 Å². The fourth-order valence-electron chi connectivity index (χ4n) is 1.86. The third-order valence-electron chi connectivity index (χ3n) is 2.74. The molecule has 0 heterocycles. The predicted octanol–water partition coefficient (Wildman–Crippen LogP) is -5.74. The molecule has 0 aromatic rings. The van der Waals surface area contributed by atoms with E-state index < -0.39 is 0 Å². The van der Waals surface area contributed by atoms with Crippen molar-refractivity contribution in [2.45, 2.75) is 13.0 Å². The minimum Gasteiger partial charge on any atom is -1.00 e.